The van der Waals surface area contributed by atoms with Crippen molar-refractivity contribution in [3.8, 4) is 5.75 Å². The van der Waals surface area contributed by atoms with E-state index in [1.165, 1.54) is 0 Å². The number of primary sulfonamides is 1. The fourth-order valence-corrected chi connectivity index (χ4v) is 2.18. The Morgan fingerprint density at radius 3 is 2.75 bits per heavy atom. The molecule has 0 saturated heterocycles. The lowest BCUT2D eigenvalue weighted by Gasteiger charge is -1.97. The van der Waals surface area contributed by atoms with E-state index in [1.807, 2.05) is 18.2 Å². The summed E-state index contributed by atoms with van der Waals surface area (Å²) in [7, 11) is -1.92. The van der Waals surface area contributed by atoms with Gasteiger partial charge in [-0.3, -0.25) is 0 Å². The molecule has 16 heavy (non-hydrogen) atoms. The predicted molar refractivity (Wildman–Crippen MR) is 61.7 cm³/mol. The van der Waals surface area contributed by atoms with Crippen molar-refractivity contribution in [1.82, 2.24) is 4.98 Å². The molecule has 0 aliphatic carbocycles. The van der Waals surface area contributed by atoms with Gasteiger partial charge >= 0.3 is 0 Å². The van der Waals surface area contributed by atoms with Gasteiger partial charge in [-0.25, -0.2) is 13.6 Å². The third-order valence-corrected chi connectivity index (χ3v) is 2.96. The number of rotatable bonds is 3. The Kier molecular flexibility index (Phi) is 2.61. The average Bonchev–Trinajstić information content (AvgIpc) is 2.55. The summed E-state index contributed by atoms with van der Waals surface area (Å²) in [6.45, 7) is 0. The monoisotopic (exact) mass is 240 g/mol. The minimum absolute atomic E-state index is 0.190. The molecular weight excluding hydrogens is 228 g/mol. The third kappa shape index (κ3) is 2.34. The zero-order chi connectivity index (χ0) is 11.8. The van der Waals surface area contributed by atoms with Gasteiger partial charge in [-0.05, 0) is 23.6 Å². The van der Waals surface area contributed by atoms with Crippen molar-refractivity contribution in [3.05, 3.63) is 30.0 Å². The number of methoxy groups -OCH3 is 1. The molecule has 0 aliphatic heterocycles. The fourth-order valence-electron chi connectivity index (χ4n) is 1.59. The van der Waals surface area contributed by atoms with Crippen LogP contribution in [0.4, 0.5) is 0 Å². The quantitative estimate of drug-likeness (QED) is 0.838. The number of aromatic amines is 1. The van der Waals surface area contributed by atoms with E-state index >= 15 is 0 Å². The molecule has 0 saturated carbocycles. The Balaban J connectivity index is 2.44. The lowest BCUT2D eigenvalue weighted by molar-refractivity contribution is 0.415. The van der Waals surface area contributed by atoms with Crippen LogP contribution in [0, 0.1) is 0 Å². The summed E-state index contributed by atoms with van der Waals surface area (Å²) in [6.07, 6.45) is 0. The Labute approximate surface area is 93.3 Å². The van der Waals surface area contributed by atoms with Gasteiger partial charge in [-0.1, -0.05) is 0 Å². The van der Waals surface area contributed by atoms with Crippen LogP contribution >= 0.6 is 0 Å². The van der Waals surface area contributed by atoms with Crippen LogP contribution in [0.25, 0.3) is 10.9 Å². The normalized spacial score (nSPS) is 11.9. The van der Waals surface area contributed by atoms with E-state index in [0.717, 1.165) is 16.7 Å². The van der Waals surface area contributed by atoms with Gasteiger partial charge in [0.1, 0.15) is 11.5 Å². The highest BCUT2D eigenvalue weighted by molar-refractivity contribution is 7.88. The van der Waals surface area contributed by atoms with Crippen LogP contribution in [-0.4, -0.2) is 20.5 Å². The molecule has 0 fully saturated rings. The molecule has 1 aromatic heterocycles. The Morgan fingerprint density at radius 1 is 1.38 bits per heavy atom. The SMILES string of the molecule is COc1ccc2cc(CS(N)(=O)=O)[nH]c2c1. The second-order valence-electron chi connectivity index (χ2n) is 3.55. The van der Waals surface area contributed by atoms with Crippen LogP contribution < -0.4 is 9.88 Å². The Morgan fingerprint density at radius 2 is 2.12 bits per heavy atom. The summed E-state index contributed by atoms with van der Waals surface area (Å²) < 4.78 is 26.9. The maximum Gasteiger partial charge on any atom is 0.214 e. The molecule has 0 unspecified atom stereocenters. The van der Waals surface area contributed by atoms with Crippen molar-refractivity contribution in [2.24, 2.45) is 5.14 Å². The number of benzene rings is 1. The number of fused-ring (bicyclic) bond motifs is 1. The van der Waals surface area contributed by atoms with Gasteiger partial charge < -0.3 is 9.72 Å². The van der Waals surface area contributed by atoms with Gasteiger partial charge in [0.15, 0.2) is 0 Å². The van der Waals surface area contributed by atoms with Crippen LogP contribution in [0.3, 0.4) is 0 Å². The van der Waals surface area contributed by atoms with E-state index in [0.29, 0.717) is 5.69 Å². The van der Waals surface area contributed by atoms with Crippen molar-refractivity contribution < 1.29 is 13.2 Å². The second kappa shape index (κ2) is 3.80. The first kappa shape index (κ1) is 11.0. The minimum atomic E-state index is -3.50. The molecule has 0 aliphatic rings. The number of ether oxygens (including phenoxy) is 1. The topological polar surface area (TPSA) is 85.2 Å². The standard InChI is InChI=1S/C10H12N2O3S/c1-15-9-3-2-7-4-8(6-16(11,13)14)12-10(7)5-9/h2-5,12H,6H2,1H3,(H2,11,13,14). The molecule has 6 heteroatoms. The molecule has 0 spiro atoms. The highest BCUT2D eigenvalue weighted by Crippen LogP contribution is 2.21. The summed E-state index contributed by atoms with van der Waals surface area (Å²) in [5.74, 6) is 0.529. The molecule has 2 aromatic rings. The maximum atomic E-state index is 10.9. The largest absolute Gasteiger partial charge is 0.497 e. The van der Waals surface area contributed by atoms with Crippen LogP contribution in [0.5, 0.6) is 5.75 Å². The molecule has 0 bridgehead atoms. The number of hydrogen-bond acceptors (Lipinski definition) is 3. The summed E-state index contributed by atoms with van der Waals surface area (Å²) in [5.41, 5.74) is 1.41. The van der Waals surface area contributed by atoms with Gasteiger partial charge in [0.2, 0.25) is 10.0 Å². The van der Waals surface area contributed by atoms with E-state index in [1.54, 1.807) is 13.2 Å². The second-order valence-corrected chi connectivity index (χ2v) is 5.17. The van der Waals surface area contributed by atoms with Crippen LogP contribution in [-0.2, 0) is 15.8 Å². The summed E-state index contributed by atoms with van der Waals surface area (Å²) in [5, 5.41) is 5.90. The first-order chi connectivity index (χ1) is 7.48. The number of aromatic nitrogens is 1. The van der Waals surface area contributed by atoms with Crippen LogP contribution in [0.15, 0.2) is 24.3 Å². The number of nitrogens with one attached hydrogen (secondary N) is 1. The Bertz CT molecular complexity index is 616. The molecule has 0 atom stereocenters. The molecular formula is C10H12N2O3S. The highest BCUT2D eigenvalue weighted by atomic mass is 32.2. The zero-order valence-electron chi connectivity index (χ0n) is 8.73. The highest BCUT2D eigenvalue weighted by Gasteiger charge is 2.08. The van der Waals surface area contributed by atoms with Gasteiger partial charge in [0.05, 0.1) is 7.11 Å². The van der Waals surface area contributed by atoms with Gasteiger partial charge in [-0.15, -0.1) is 0 Å². The van der Waals surface area contributed by atoms with Crippen molar-refractivity contribution in [2.45, 2.75) is 5.75 Å². The first-order valence-electron chi connectivity index (χ1n) is 4.64. The predicted octanol–water partition coefficient (Wildman–Crippen LogP) is 0.965. The number of H-pyrrole nitrogens is 1. The molecule has 0 amide bonds. The number of hydrogen-bond donors (Lipinski definition) is 2. The van der Waals surface area contributed by atoms with Crippen LogP contribution in [0.1, 0.15) is 5.69 Å². The zero-order valence-corrected chi connectivity index (χ0v) is 9.54. The number of sulfonamides is 1. The van der Waals surface area contributed by atoms with Crippen molar-refractivity contribution in [2.75, 3.05) is 7.11 Å². The molecule has 3 N–H and O–H groups in total. The molecule has 1 heterocycles. The number of nitrogens with two attached hydrogens (primary N) is 1. The van der Waals surface area contributed by atoms with E-state index in [4.69, 9.17) is 9.88 Å². The molecule has 2 rings (SSSR count). The van der Waals surface area contributed by atoms with Crippen molar-refractivity contribution in [3.63, 3.8) is 0 Å². The summed E-state index contributed by atoms with van der Waals surface area (Å²) >= 11 is 0. The molecule has 5 nitrogen and oxygen atoms in total. The van der Waals surface area contributed by atoms with E-state index in [9.17, 15) is 8.42 Å². The van der Waals surface area contributed by atoms with Crippen molar-refractivity contribution >= 4 is 20.9 Å². The lowest BCUT2D eigenvalue weighted by atomic mass is 10.2. The first-order valence-corrected chi connectivity index (χ1v) is 6.35. The Hall–Kier alpha value is -1.53. The molecule has 0 radical (unpaired) electrons. The third-order valence-electron chi connectivity index (χ3n) is 2.24. The lowest BCUT2D eigenvalue weighted by Crippen LogP contribution is -2.14. The van der Waals surface area contributed by atoms with Gasteiger partial charge in [0, 0.05) is 17.3 Å². The molecule has 86 valence electrons. The maximum absolute atomic E-state index is 10.9. The smallest absolute Gasteiger partial charge is 0.214 e. The van der Waals surface area contributed by atoms with E-state index < -0.39 is 10.0 Å². The summed E-state index contributed by atoms with van der Waals surface area (Å²) in [6, 6.07) is 7.25. The average molecular weight is 240 g/mol. The van der Waals surface area contributed by atoms with Crippen LogP contribution in [0.2, 0.25) is 0 Å². The summed E-state index contributed by atoms with van der Waals surface area (Å²) in [4.78, 5) is 2.99. The van der Waals surface area contributed by atoms with Crippen molar-refractivity contribution in [1.29, 1.82) is 0 Å². The van der Waals surface area contributed by atoms with Gasteiger partial charge in [-0.2, -0.15) is 0 Å². The van der Waals surface area contributed by atoms with E-state index in [-0.39, 0.29) is 5.75 Å². The fraction of sp³-hybridized carbons (Fsp3) is 0.200. The minimum Gasteiger partial charge on any atom is -0.497 e. The molecule has 1 aromatic carbocycles. The van der Waals surface area contributed by atoms with Gasteiger partial charge in [0.25, 0.3) is 0 Å². The van der Waals surface area contributed by atoms with E-state index in [2.05, 4.69) is 4.98 Å².